The number of carbonyl (C=O) groups excluding carboxylic acids is 2. The van der Waals surface area contributed by atoms with Crippen molar-refractivity contribution in [3.63, 3.8) is 0 Å². The van der Waals surface area contributed by atoms with Crippen LogP contribution in [-0.2, 0) is 0 Å². The number of ketones is 1. The molecule has 0 aliphatic heterocycles. The zero-order valence-corrected chi connectivity index (χ0v) is 12.2. The van der Waals surface area contributed by atoms with Gasteiger partial charge in [0.1, 0.15) is 0 Å². The first-order valence-corrected chi connectivity index (χ1v) is 6.71. The van der Waals surface area contributed by atoms with Gasteiger partial charge in [-0.25, -0.2) is 4.79 Å². The van der Waals surface area contributed by atoms with E-state index in [2.05, 4.69) is 10.6 Å². The number of aliphatic hydroxyl groups is 1. The van der Waals surface area contributed by atoms with Gasteiger partial charge >= 0.3 is 6.03 Å². The molecule has 5 heteroatoms. The number of rotatable bonds is 6. The van der Waals surface area contributed by atoms with Gasteiger partial charge in [-0.15, -0.1) is 0 Å². The third-order valence-electron chi connectivity index (χ3n) is 3.09. The Balaban J connectivity index is 2.71. The van der Waals surface area contributed by atoms with E-state index in [0.717, 1.165) is 6.42 Å². The number of amides is 2. The molecule has 0 aliphatic rings. The molecule has 0 saturated heterocycles. The lowest BCUT2D eigenvalue weighted by Gasteiger charge is -2.28. The maximum absolute atomic E-state index is 11.9. The van der Waals surface area contributed by atoms with Crippen molar-refractivity contribution < 1.29 is 14.7 Å². The van der Waals surface area contributed by atoms with Gasteiger partial charge in [0.25, 0.3) is 0 Å². The van der Waals surface area contributed by atoms with Crippen molar-refractivity contribution in [2.75, 3.05) is 11.9 Å². The summed E-state index contributed by atoms with van der Waals surface area (Å²) >= 11 is 0. The molecule has 1 aromatic rings. The van der Waals surface area contributed by atoms with E-state index in [1.165, 1.54) is 6.92 Å². The third kappa shape index (κ3) is 4.66. The molecule has 1 rings (SSSR count). The highest BCUT2D eigenvalue weighted by molar-refractivity contribution is 5.96. The fourth-order valence-electron chi connectivity index (χ4n) is 1.99. The Labute approximate surface area is 119 Å². The molecular weight excluding hydrogens is 256 g/mol. The molecule has 0 bridgehead atoms. The number of hydrogen-bond donors (Lipinski definition) is 3. The maximum atomic E-state index is 11.9. The predicted octanol–water partition coefficient (Wildman–Crippen LogP) is 2.56. The van der Waals surface area contributed by atoms with Crippen LogP contribution in [0.4, 0.5) is 10.5 Å². The summed E-state index contributed by atoms with van der Waals surface area (Å²) in [5.74, 6) is -0.0553. The van der Waals surface area contributed by atoms with E-state index in [-0.39, 0.29) is 12.4 Å². The largest absolute Gasteiger partial charge is 0.394 e. The van der Waals surface area contributed by atoms with Crippen LogP contribution in [0.15, 0.2) is 24.3 Å². The lowest BCUT2D eigenvalue weighted by atomic mass is 9.98. The predicted molar refractivity (Wildman–Crippen MR) is 79.0 cm³/mol. The summed E-state index contributed by atoms with van der Waals surface area (Å²) in [6, 6.07) is 6.35. The summed E-state index contributed by atoms with van der Waals surface area (Å²) in [7, 11) is 0. The third-order valence-corrected chi connectivity index (χ3v) is 3.09. The number of carbonyl (C=O) groups is 2. The Morgan fingerprint density at radius 2 is 2.05 bits per heavy atom. The summed E-state index contributed by atoms with van der Waals surface area (Å²) in [6.45, 7) is 5.14. The van der Waals surface area contributed by atoms with Gasteiger partial charge in [0.2, 0.25) is 0 Å². The van der Waals surface area contributed by atoms with Crippen LogP contribution in [0.2, 0.25) is 0 Å². The molecule has 0 fully saturated rings. The van der Waals surface area contributed by atoms with Crippen LogP contribution in [0.3, 0.4) is 0 Å². The Hall–Kier alpha value is -1.88. The Morgan fingerprint density at radius 1 is 1.35 bits per heavy atom. The summed E-state index contributed by atoms with van der Waals surface area (Å²) in [5.41, 5.74) is 0.449. The van der Waals surface area contributed by atoms with Gasteiger partial charge in [0.05, 0.1) is 12.1 Å². The van der Waals surface area contributed by atoms with Crippen LogP contribution in [0.1, 0.15) is 44.0 Å². The molecule has 0 spiro atoms. The molecule has 0 radical (unpaired) electrons. The second-order valence-electron chi connectivity index (χ2n) is 5.18. The number of aliphatic hydroxyl groups excluding tert-OH is 1. The van der Waals surface area contributed by atoms with E-state index >= 15 is 0 Å². The zero-order chi connectivity index (χ0) is 15.2. The van der Waals surface area contributed by atoms with Crippen molar-refractivity contribution in [3.8, 4) is 0 Å². The number of nitrogens with one attached hydrogen (secondary N) is 2. The standard InChI is InChI=1S/C15H22N2O3/c1-4-8-15(3,10-18)17-14(20)16-13-7-5-6-12(9-13)11(2)19/h5-7,9,18H,4,8,10H2,1-3H3,(H2,16,17,20)/t15-/m1/s1. The minimum Gasteiger partial charge on any atom is -0.394 e. The Morgan fingerprint density at radius 3 is 2.60 bits per heavy atom. The highest BCUT2D eigenvalue weighted by atomic mass is 16.3. The number of anilines is 1. The molecule has 1 atom stereocenters. The van der Waals surface area contributed by atoms with Crippen molar-refractivity contribution in [1.82, 2.24) is 5.32 Å². The molecule has 110 valence electrons. The quantitative estimate of drug-likeness (QED) is 0.700. The minimum atomic E-state index is -0.642. The van der Waals surface area contributed by atoms with Crippen molar-refractivity contribution in [3.05, 3.63) is 29.8 Å². The van der Waals surface area contributed by atoms with Crippen molar-refractivity contribution in [1.29, 1.82) is 0 Å². The summed E-state index contributed by atoms with van der Waals surface area (Å²) in [5, 5.41) is 14.8. The van der Waals surface area contributed by atoms with Crippen LogP contribution in [0.25, 0.3) is 0 Å². The van der Waals surface area contributed by atoms with Gasteiger partial charge in [-0.2, -0.15) is 0 Å². The summed E-state index contributed by atoms with van der Waals surface area (Å²) in [6.07, 6.45) is 1.54. The molecule has 5 nitrogen and oxygen atoms in total. The average Bonchev–Trinajstić information content (AvgIpc) is 2.39. The second-order valence-corrected chi connectivity index (χ2v) is 5.18. The van der Waals surface area contributed by atoms with Gasteiger partial charge in [0, 0.05) is 11.3 Å². The van der Waals surface area contributed by atoms with Gasteiger partial charge in [0.15, 0.2) is 5.78 Å². The molecule has 1 aromatic carbocycles. The lowest BCUT2D eigenvalue weighted by molar-refractivity contribution is 0.101. The number of Topliss-reactive ketones (excluding diaryl/α,β-unsaturated/α-hetero) is 1. The summed E-state index contributed by atoms with van der Waals surface area (Å²) < 4.78 is 0. The molecular formula is C15H22N2O3. The van der Waals surface area contributed by atoms with Gasteiger partial charge in [-0.05, 0) is 32.4 Å². The smallest absolute Gasteiger partial charge is 0.319 e. The zero-order valence-electron chi connectivity index (χ0n) is 12.2. The van der Waals surface area contributed by atoms with E-state index in [1.54, 1.807) is 31.2 Å². The van der Waals surface area contributed by atoms with E-state index in [9.17, 15) is 14.7 Å². The van der Waals surface area contributed by atoms with Crippen molar-refractivity contribution in [2.45, 2.75) is 39.2 Å². The lowest BCUT2D eigenvalue weighted by Crippen LogP contribution is -2.50. The van der Waals surface area contributed by atoms with E-state index in [1.807, 2.05) is 6.92 Å². The van der Waals surface area contributed by atoms with E-state index < -0.39 is 11.6 Å². The molecule has 3 N–H and O–H groups in total. The fourth-order valence-corrected chi connectivity index (χ4v) is 1.99. The van der Waals surface area contributed by atoms with Crippen molar-refractivity contribution >= 4 is 17.5 Å². The Kier molecular flexibility index (Phi) is 5.70. The molecule has 0 aromatic heterocycles. The minimum absolute atomic E-state index is 0.0553. The number of hydrogen-bond acceptors (Lipinski definition) is 3. The first kappa shape index (κ1) is 16.2. The van der Waals surface area contributed by atoms with Crippen LogP contribution in [0, 0.1) is 0 Å². The van der Waals surface area contributed by atoms with Crippen LogP contribution < -0.4 is 10.6 Å². The SMILES string of the molecule is CCC[C@](C)(CO)NC(=O)Nc1cccc(C(C)=O)c1. The van der Waals surface area contributed by atoms with Crippen molar-refractivity contribution in [2.24, 2.45) is 0 Å². The monoisotopic (exact) mass is 278 g/mol. The average molecular weight is 278 g/mol. The van der Waals surface area contributed by atoms with Gasteiger partial charge < -0.3 is 15.7 Å². The van der Waals surface area contributed by atoms with E-state index in [0.29, 0.717) is 17.7 Å². The molecule has 0 saturated carbocycles. The van der Waals surface area contributed by atoms with Gasteiger partial charge in [-0.3, -0.25) is 4.79 Å². The second kappa shape index (κ2) is 7.05. The highest BCUT2D eigenvalue weighted by Gasteiger charge is 2.24. The molecule has 20 heavy (non-hydrogen) atoms. The fraction of sp³-hybridized carbons (Fsp3) is 0.467. The number of benzene rings is 1. The molecule has 0 unspecified atom stereocenters. The topological polar surface area (TPSA) is 78.4 Å². The molecule has 2 amide bonds. The normalized spacial score (nSPS) is 13.4. The molecule has 0 aliphatic carbocycles. The first-order chi connectivity index (χ1) is 9.40. The highest BCUT2D eigenvalue weighted by Crippen LogP contribution is 2.14. The maximum Gasteiger partial charge on any atom is 0.319 e. The molecule has 0 heterocycles. The van der Waals surface area contributed by atoms with Crippen LogP contribution in [0.5, 0.6) is 0 Å². The number of urea groups is 1. The van der Waals surface area contributed by atoms with Crippen LogP contribution in [-0.4, -0.2) is 29.1 Å². The Bertz CT molecular complexity index is 488. The van der Waals surface area contributed by atoms with E-state index in [4.69, 9.17) is 0 Å². The first-order valence-electron chi connectivity index (χ1n) is 6.71. The van der Waals surface area contributed by atoms with Crippen LogP contribution >= 0.6 is 0 Å². The van der Waals surface area contributed by atoms with Gasteiger partial charge in [-0.1, -0.05) is 25.5 Å². The summed E-state index contributed by atoms with van der Waals surface area (Å²) in [4.78, 5) is 23.2.